The monoisotopic (exact) mass is 1130 g/mol. The Kier molecular flexibility index (Phi) is 24.1. The molecule has 0 heterocycles. The van der Waals surface area contributed by atoms with E-state index in [1.165, 1.54) is 150 Å². The molecule has 0 atom stereocenters. The third-order valence-corrected chi connectivity index (χ3v) is 15.3. The standard InChI is InChI=1S/3C15H16.3C14H14/c1-11-6-4-9-14(10-11)15-12(2)7-5-8-13(15)3;1-11-5-4-6-14(8-11)15-9-12(2)7-13(3)10-15;1-11-5-4-6-14(10-11)15-8-7-12(2)9-13(15)3;1-11-5-3-7-13(9-11)14-8-4-6-12(2)10-14;1-11-6-5-8-13(10-11)14-9-4-3-7-12(14)2;1-11-6-8-13(9-7-11)14-5-3-4-12(2)10-14/h3*4-10H,1-3H3;3*3-10H,1-2H3. The van der Waals surface area contributed by atoms with Gasteiger partial charge in [0.05, 0.1) is 0 Å². The minimum absolute atomic E-state index is 1.29. The van der Waals surface area contributed by atoms with E-state index < -0.39 is 0 Å². The smallest absolute Gasteiger partial charge is 0.0125 e. The number of rotatable bonds is 6. The molecule has 12 rings (SSSR count). The molecule has 0 amide bonds. The van der Waals surface area contributed by atoms with Crippen LogP contribution in [0.5, 0.6) is 0 Å². The Morgan fingerprint density at radius 1 is 0.138 bits per heavy atom. The summed E-state index contributed by atoms with van der Waals surface area (Å²) in [5, 5.41) is 0. The molecule has 0 spiro atoms. The van der Waals surface area contributed by atoms with E-state index in [9.17, 15) is 0 Å². The van der Waals surface area contributed by atoms with Gasteiger partial charge in [-0.25, -0.2) is 0 Å². The lowest BCUT2D eigenvalue weighted by atomic mass is 9.95. The van der Waals surface area contributed by atoms with Crippen LogP contribution >= 0.6 is 0 Å². The quantitative estimate of drug-likeness (QED) is 0.156. The van der Waals surface area contributed by atoms with Crippen LogP contribution in [0.2, 0.25) is 0 Å². The van der Waals surface area contributed by atoms with Gasteiger partial charge in [0.1, 0.15) is 0 Å². The van der Waals surface area contributed by atoms with Crippen molar-refractivity contribution in [1.82, 2.24) is 0 Å². The fourth-order valence-electron chi connectivity index (χ4n) is 10.9. The summed E-state index contributed by atoms with van der Waals surface area (Å²) < 4.78 is 0. The molecule has 0 heteroatoms. The minimum Gasteiger partial charge on any atom is -0.0620 e. The maximum atomic E-state index is 2.25. The van der Waals surface area contributed by atoms with Crippen LogP contribution in [0, 0.1) is 104 Å². The molecular weight excluding hydrogens is 1040 g/mol. The molecule has 0 aliphatic heterocycles. The highest BCUT2D eigenvalue weighted by atomic mass is 14.1. The van der Waals surface area contributed by atoms with E-state index in [4.69, 9.17) is 0 Å². The molecule has 0 aliphatic rings. The van der Waals surface area contributed by atoms with Gasteiger partial charge in [0, 0.05) is 0 Å². The van der Waals surface area contributed by atoms with Crippen molar-refractivity contribution in [2.75, 3.05) is 0 Å². The summed E-state index contributed by atoms with van der Waals surface area (Å²) in [5.74, 6) is 0. The molecule has 0 radical (unpaired) electrons. The first-order valence-corrected chi connectivity index (χ1v) is 30.6. The van der Waals surface area contributed by atoms with Crippen molar-refractivity contribution < 1.29 is 0 Å². The van der Waals surface area contributed by atoms with Gasteiger partial charge < -0.3 is 0 Å². The summed E-state index contributed by atoms with van der Waals surface area (Å²) >= 11 is 0. The van der Waals surface area contributed by atoms with Gasteiger partial charge in [0.2, 0.25) is 0 Å². The van der Waals surface area contributed by atoms with E-state index in [2.05, 4.69) is 377 Å². The maximum Gasteiger partial charge on any atom is -0.0125 e. The van der Waals surface area contributed by atoms with E-state index in [1.54, 1.807) is 0 Å². The molecule has 0 nitrogen and oxygen atoms in total. The van der Waals surface area contributed by atoms with Crippen LogP contribution in [0.1, 0.15) is 83.5 Å². The Bertz CT molecular complexity index is 4060. The molecule has 12 aromatic rings. The summed E-state index contributed by atoms with van der Waals surface area (Å²) in [6, 6.07) is 97.3. The number of aryl methyl sites for hydroxylation is 15. The van der Waals surface area contributed by atoms with Crippen LogP contribution < -0.4 is 0 Å². The number of hydrogen-bond donors (Lipinski definition) is 0. The summed E-state index contributed by atoms with van der Waals surface area (Å²) in [5.41, 5.74) is 35.6. The van der Waals surface area contributed by atoms with Crippen LogP contribution in [-0.4, -0.2) is 0 Å². The zero-order valence-electron chi connectivity index (χ0n) is 54.5. The normalized spacial score (nSPS) is 10.2. The molecule has 0 saturated heterocycles. The molecule has 0 fully saturated rings. The minimum atomic E-state index is 1.29. The molecule has 0 aliphatic carbocycles. The van der Waals surface area contributed by atoms with Gasteiger partial charge in [-0.1, -0.05) is 334 Å². The van der Waals surface area contributed by atoms with Crippen LogP contribution in [0.4, 0.5) is 0 Å². The Balaban J connectivity index is 0.000000149. The second-order valence-corrected chi connectivity index (χ2v) is 23.7. The lowest BCUT2D eigenvalue weighted by Crippen LogP contribution is -1.87. The fourth-order valence-corrected chi connectivity index (χ4v) is 10.9. The average Bonchev–Trinajstić information content (AvgIpc) is 3.14. The highest BCUT2D eigenvalue weighted by Crippen LogP contribution is 2.30. The van der Waals surface area contributed by atoms with Gasteiger partial charge in [0.25, 0.3) is 0 Å². The van der Waals surface area contributed by atoms with E-state index in [-0.39, 0.29) is 0 Å². The Labute approximate surface area is 524 Å². The van der Waals surface area contributed by atoms with E-state index >= 15 is 0 Å². The SMILES string of the molecule is Cc1ccc(-c2cccc(C)c2)cc1.Cc1cccc(-c2c(C)cccc2C)c1.Cc1cccc(-c2cc(C)cc(C)c2)c1.Cc1cccc(-c2ccc(C)cc2C)c1.Cc1cccc(-c2cccc(C)c2)c1.Cc1cccc(-c2ccccc2C)c1. The third-order valence-electron chi connectivity index (χ3n) is 15.3. The summed E-state index contributed by atoms with van der Waals surface area (Å²) in [4.78, 5) is 0. The second-order valence-electron chi connectivity index (χ2n) is 23.7. The lowest BCUT2D eigenvalue weighted by molar-refractivity contribution is 1.37. The van der Waals surface area contributed by atoms with Crippen LogP contribution in [0.25, 0.3) is 66.8 Å². The van der Waals surface area contributed by atoms with Gasteiger partial charge >= 0.3 is 0 Å². The Hall–Kier alpha value is -9.36. The number of benzene rings is 12. The van der Waals surface area contributed by atoms with Gasteiger partial charge in [-0.3, -0.25) is 0 Å². The molecule has 0 N–H and O–H groups in total. The second kappa shape index (κ2) is 32.2. The zero-order valence-corrected chi connectivity index (χ0v) is 54.5. The fraction of sp³-hybridized carbons (Fsp3) is 0.172. The molecule has 0 bridgehead atoms. The van der Waals surface area contributed by atoms with Crippen LogP contribution in [0.15, 0.2) is 273 Å². The van der Waals surface area contributed by atoms with E-state index in [1.807, 2.05) is 0 Å². The zero-order chi connectivity index (χ0) is 62.4. The first-order chi connectivity index (χ1) is 41.8. The first kappa shape index (κ1) is 65.2. The molecule has 0 saturated carbocycles. The average molecular weight is 1140 g/mol. The summed E-state index contributed by atoms with van der Waals surface area (Å²) in [6.07, 6.45) is 0. The summed E-state index contributed by atoms with van der Waals surface area (Å²) in [7, 11) is 0. The Morgan fingerprint density at radius 3 is 0.828 bits per heavy atom. The van der Waals surface area contributed by atoms with Gasteiger partial charge in [-0.05, 0) is 193 Å². The molecular formula is C87H90. The van der Waals surface area contributed by atoms with Crippen molar-refractivity contribution in [3.05, 3.63) is 356 Å². The van der Waals surface area contributed by atoms with Crippen LogP contribution in [-0.2, 0) is 0 Å². The highest BCUT2D eigenvalue weighted by Gasteiger charge is 2.06. The van der Waals surface area contributed by atoms with Crippen molar-refractivity contribution in [3.8, 4) is 66.8 Å². The van der Waals surface area contributed by atoms with Gasteiger partial charge in [-0.15, -0.1) is 0 Å². The van der Waals surface area contributed by atoms with Gasteiger partial charge in [-0.2, -0.15) is 0 Å². The largest absolute Gasteiger partial charge is 0.0620 e. The van der Waals surface area contributed by atoms with Crippen molar-refractivity contribution in [1.29, 1.82) is 0 Å². The molecule has 0 unspecified atom stereocenters. The Morgan fingerprint density at radius 2 is 0.425 bits per heavy atom. The van der Waals surface area contributed by atoms with Crippen LogP contribution in [0.3, 0.4) is 0 Å². The predicted molar refractivity (Wildman–Crippen MR) is 382 cm³/mol. The summed E-state index contributed by atoms with van der Waals surface area (Å²) in [6.45, 7) is 32.1. The number of hydrogen-bond acceptors (Lipinski definition) is 0. The van der Waals surface area contributed by atoms with Gasteiger partial charge in [0.15, 0.2) is 0 Å². The van der Waals surface area contributed by atoms with Crippen molar-refractivity contribution >= 4 is 0 Å². The van der Waals surface area contributed by atoms with Crippen molar-refractivity contribution in [3.63, 3.8) is 0 Å². The predicted octanol–water partition coefficient (Wildman–Crippen LogP) is 24.7. The first-order valence-electron chi connectivity index (χ1n) is 30.6. The lowest BCUT2D eigenvalue weighted by Gasteiger charge is -2.10. The van der Waals surface area contributed by atoms with E-state index in [0.717, 1.165) is 0 Å². The molecule has 87 heavy (non-hydrogen) atoms. The van der Waals surface area contributed by atoms with Crippen molar-refractivity contribution in [2.45, 2.75) is 104 Å². The van der Waals surface area contributed by atoms with Crippen molar-refractivity contribution in [2.24, 2.45) is 0 Å². The molecule has 438 valence electrons. The molecule has 0 aromatic heterocycles. The highest BCUT2D eigenvalue weighted by molar-refractivity contribution is 5.72. The topological polar surface area (TPSA) is 0 Å². The third kappa shape index (κ3) is 20.4. The molecule has 12 aromatic carbocycles. The maximum absolute atomic E-state index is 2.25. The van der Waals surface area contributed by atoms with E-state index in [0.29, 0.717) is 0 Å².